The number of urea groups is 1. The van der Waals surface area contributed by atoms with Crippen molar-refractivity contribution < 1.29 is 9.18 Å². The van der Waals surface area contributed by atoms with Gasteiger partial charge < -0.3 is 14.8 Å². The maximum atomic E-state index is 13.7. The van der Waals surface area contributed by atoms with Crippen LogP contribution in [0.4, 0.5) is 14.9 Å². The predicted octanol–water partition coefficient (Wildman–Crippen LogP) is 6.41. The average Bonchev–Trinajstić information content (AvgIpc) is 3.19. The fourth-order valence-electron chi connectivity index (χ4n) is 4.10. The zero-order valence-corrected chi connectivity index (χ0v) is 17.3. The number of nitrogens with one attached hydrogen (secondary N) is 1. The van der Waals surface area contributed by atoms with Crippen molar-refractivity contribution in [2.24, 2.45) is 0 Å². The molecular formula is C25H19ClFN3O. The summed E-state index contributed by atoms with van der Waals surface area (Å²) >= 11 is 6.10. The van der Waals surface area contributed by atoms with Crippen molar-refractivity contribution in [1.82, 2.24) is 9.47 Å². The Labute approximate surface area is 184 Å². The van der Waals surface area contributed by atoms with Crippen molar-refractivity contribution in [1.29, 1.82) is 0 Å². The Bertz CT molecular complexity index is 1250. The zero-order valence-electron chi connectivity index (χ0n) is 16.5. The van der Waals surface area contributed by atoms with Crippen LogP contribution in [0.5, 0.6) is 0 Å². The highest BCUT2D eigenvalue weighted by Gasteiger charge is 2.33. The summed E-state index contributed by atoms with van der Waals surface area (Å²) in [5.41, 5.74) is 4.41. The Morgan fingerprint density at radius 1 is 0.968 bits per heavy atom. The van der Waals surface area contributed by atoms with E-state index in [1.807, 2.05) is 42.6 Å². The first kappa shape index (κ1) is 19.4. The molecule has 1 aliphatic heterocycles. The van der Waals surface area contributed by atoms with Gasteiger partial charge in [-0.05, 0) is 59.7 Å². The van der Waals surface area contributed by atoms with E-state index in [1.165, 1.54) is 12.1 Å². The summed E-state index contributed by atoms with van der Waals surface area (Å²) < 4.78 is 15.7. The normalized spacial score (nSPS) is 15.0. The van der Waals surface area contributed by atoms with Crippen molar-refractivity contribution in [3.05, 3.63) is 119 Å². The molecule has 1 aliphatic rings. The van der Waals surface area contributed by atoms with E-state index in [4.69, 9.17) is 11.6 Å². The van der Waals surface area contributed by atoms with Crippen LogP contribution < -0.4 is 5.32 Å². The summed E-state index contributed by atoms with van der Waals surface area (Å²) in [6.07, 6.45) is 1.99. The summed E-state index contributed by atoms with van der Waals surface area (Å²) in [4.78, 5) is 15.3. The molecule has 3 aromatic carbocycles. The minimum absolute atomic E-state index is 0.263. The maximum absolute atomic E-state index is 13.7. The number of nitrogens with zero attached hydrogens (tertiary/aromatic N) is 2. The van der Waals surface area contributed by atoms with Crippen molar-refractivity contribution in [3.63, 3.8) is 0 Å². The van der Waals surface area contributed by atoms with Gasteiger partial charge in [0.15, 0.2) is 0 Å². The number of amides is 2. The fourth-order valence-corrected chi connectivity index (χ4v) is 4.29. The summed E-state index contributed by atoms with van der Waals surface area (Å²) in [5.74, 6) is -0.314. The summed E-state index contributed by atoms with van der Waals surface area (Å²) in [6.45, 7) is 0.395. The number of aromatic nitrogens is 1. The number of anilines is 1. The lowest BCUT2D eigenvalue weighted by Gasteiger charge is -2.31. The molecule has 1 N–H and O–H groups in total. The van der Waals surface area contributed by atoms with Gasteiger partial charge in [0.05, 0.1) is 18.3 Å². The molecule has 0 bridgehead atoms. The summed E-state index contributed by atoms with van der Waals surface area (Å²) in [7, 11) is 0. The second-order valence-electron chi connectivity index (χ2n) is 7.45. The van der Waals surface area contributed by atoms with Gasteiger partial charge in [0.2, 0.25) is 0 Å². The molecule has 0 saturated heterocycles. The molecule has 0 aliphatic carbocycles. The van der Waals surface area contributed by atoms with Gasteiger partial charge in [-0.25, -0.2) is 9.18 Å². The minimum atomic E-state index is -0.401. The highest BCUT2D eigenvalue weighted by molar-refractivity contribution is 6.30. The number of rotatable bonds is 2. The molecule has 154 valence electrons. The molecule has 4 aromatic rings. The Kier molecular flexibility index (Phi) is 4.96. The third-order valence-corrected chi connectivity index (χ3v) is 5.72. The number of carbonyl (C=O) groups is 1. The van der Waals surface area contributed by atoms with E-state index < -0.39 is 6.04 Å². The molecule has 5 rings (SSSR count). The SMILES string of the molecule is O=C(Nc1cccc(Cl)c1)N1Cc2ccccc2-n2cccc2[C@H]1c1ccc(F)cc1. The highest BCUT2D eigenvalue weighted by Crippen LogP contribution is 2.37. The first-order chi connectivity index (χ1) is 15.1. The van der Waals surface area contributed by atoms with Crippen molar-refractivity contribution >= 4 is 23.3 Å². The maximum Gasteiger partial charge on any atom is 0.322 e. The van der Waals surface area contributed by atoms with Crippen LogP contribution >= 0.6 is 11.6 Å². The van der Waals surface area contributed by atoms with Gasteiger partial charge in [-0.3, -0.25) is 0 Å². The van der Waals surface area contributed by atoms with Gasteiger partial charge in [-0.2, -0.15) is 0 Å². The van der Waals surface area contributed by atoms with Crippen molar-refractivity contribution in [2.75, 3.05) is 5.32 Å². The molecule has 2 heterocycles. The molecule has 6 heteroatoms. The molecule has 31 heavy (non-hydrogen) atoms. The van der Waals surface area contributed by atoms with Crippen LogP contribution in [0, 0.1) is 5.82 Å². The number of halogens is 2. The van der Waals surface area contributed by atoms with E-state index in [2.05, 4.69) is 9.88 Å². The van der Waals surface area contributed by atoms with E-state index in [-0.39, 0.29) is 11.8 Å². The Balaban J connectivity index is 1.63. The zero-order chi connectivity index (χ0) is 21.4. The molecule has 1 atom stereocenters. The van der Waals surface area contributed by atoms with E-state index >= 15 is 0 Å². The molecule has 0 radical (unpaired) electrons. The number of hydrogen-bond donors (Lipinski definition) is 1. The molecule has 0 unspecified atom stereocenters. The van der Waals surface area contributed by atoms with E-state index in [1.54, 1.807) is 41.3 Å². The number of carbonyl (C=O) groups excluding carboxylic acids is 1. The average molecular weight is 432 g/mol. The van der Waals surface area contributed by atoms with Crippen LogP contribution in [0.3, 0.4) is 0 Å². The summed E-state index contributed by atoms with van der Waals surface area (Å²) in [6, 6.07) is 24.7. The van der Waals surface area contributed by atoms with E-state index in [0.717, 1.165) is 22.5 Å². The van der Waals surface area contributed by atoms with Crippen LogP contribution in [0.15, 0.2) is 91.1 Å². The predicted molar refractivity (Wildman–Crippen MR) is 120 cm³/mol. The van der Waals surface area contributed by atoms with Crippen LogP contribution in [0.2, 0.25) is 5.02 Å². The van der Waals surface area contributed by atoms with Gasteiger partial charge >= 0.3 is 6.03 Å². The molecule has 4 nitrogen and oxygen atoms in total. The Hall–Kier alpha value is -3.57. The molecule has 0 saturated carbocycles. The molecule has 0 fully saturated rings. The van der Waals surface area contributed by atoms with Gasteiger partial charge in [0.1, 0.15) is 5.82 Å². The lowest BCUT2D eigenvalue weighted by Crippen LogP contribution is -2.37. The Morgan fingerprint density at radius 2 is 1.77 bits per heavy atom. The smallest absolute Gasteiger partial charge is 0.318 e. The minimum Gasteiger partial charge on any atom is -0.318 e. The van der Waals surface area contributed by atoms with Gasteiger partial charge in [-0.1, -0.05) is 48.0 Å². The lowest BCUT2D eigenvalue weighted by atomic mass is 10.0. The second kappa shape index (κ2) is 7.93. The van der Waals surface area contributed by atoms with Gasteiger partial charge in [0.25, 0.3) is 0 Å². The van der Waals surface area contributed by atoms with Crippen LogP contribution in [-0.4, -0.2) is 15.5 Å². The third kappa shape index (κ3) is 3.68. The molecule has 0 spiro atoms. The monoisotopic (exact) mass is 431 g/mol. The first-order valence-corrected chi connectivity index (χ1v) is 10.3. The highest BCUT2D eigenvalue weighted by atomic mass is 35.5. The molecule has 2 amide bonds. The van der Waals surface area contributed by atoms with E-state index in [0.29, 0.717) is 17.3 Å². The first-order valence-electron chi connectivity index (χ1n) is 9.94. The van der Waals surface area contributed by atoms with Crippen LogP contribution in [0.25, 0.3) is 5.69 Å². The topological polar surface area (TPSA) is 37.3 Å². The number of fused-ring (bicyclic) bond motifs is 3. The number of hydrogen-bond acceptors (Lipinski definition) is 1. The molecule has 1 aromatic heterocycles. The molecular weight excluding hydrogens is 413 g/mol. The number of para-hydroxylation sites is 1. The van der Waals surface area contributed by atoms with Gasteiger partial charge in [0, 0.05) is 22.6 Å². The largest absolute Gasteiger partial charge is 0.322 e. The number of benzene rings is 3. The van der Waals surface area contributed by atoms with Crippen LogP contribution in [-0.2, 0) is 6.54 Å². The fraction of sp³-hybridized carbons (Fsp3) is 0.0800. The van der Waals surface area contributed by atoms with Gasteiger partial charge in [-0.15, -0.1) is 0 Å². The third-order valence-electron chi connectivity index (χ3n) is 5.49. The van der Waals surface area contributed by atoms with Crippen molar-refractivity contribution in [3.8, 4) is 5.69 Å². The van der Waals surface area contributed by atoms with Crippen molar-refractivity contribution in [2.45, 2.75) is 12.6 Å². The van der Waals surface area contributed by atoms with Crippen LogP contribution in [0.1, 0.15) is 22.9 Å². The second-order valence-corrected chi connectivity index (χ2v) is 7.89. The standard InChI is InChI=1S/C25H19ClFN3O/c26-19-6-3-7-21(15-19)28-25(31)30-16-18-5-1-2-8-22(18)29-14-4-9-23(29)24(30)17-10-12-20(27)13-11-17/h1-15,24H,16H2,(H,28,31)/t24-/m1/s1. The van der Waals surface area contributed by atoms with E-state index in [9.17, 15) is 9.18 Å². The summed E-state index contributed by atoms with van der Waals surface area (Å²) in [5, 5.41) is 3.51. The lowest BCUT2D eigenvalue weighted by molar-refractivity contribution is 0.194. The quantitative estimate of drug-likeness (QED) is 0.391. The Morgan fingerprint density at radius 3 is 2.58 bits per heavy atom.